The number of benzene rings is 1. The molecule has 0 unspecified atom stereocenters. The van der Waals surface area contributed by atoms with Crippen molar-refractivity contribution < 1.29 is 4.39 Å². The summed E-state index contributed by atoms with van der Waals surface area (Å²) in [6, 6.07) is 9.25. The normalized spacial score (nSPS) is 16.8. The molecule has 0 N–H and O–H groups in total. The molecule has 0 atom stereocenters. The standard InChI is InChI=1S/C14H17FN2/c1-17(11-14(10-16)7-8-14)9-6-12-4-2-3-5-13(12)15/h2-5H,6-9,11H2,1H3. The Labute approximate surface area is 102 Å². The zero-order valence-electron chi connectivity index (χ0n) is 10.1. The number of rotatable bonds is 5. The van der Waals surface area contributed by atoms with Gasteiger partial charge in [-0.25, -0.2) is 4.39 Å². The quantitative estimate of drug-likeness (QED) is 0.780. The Morgan fingerprint density at radius 1 is 1.41 bits per heavy atom. The molecule has 0 amide bonds. The van der Waals surface area contributed by atoms with E-state index in [9.17, 15) is 4.39 Å². The van der Waals surface area contributed by atoms with Gasteiger partial charge in [0.2, 0.25) is 0 Å². The predicted molar refractivity (Wildman–Crippen MR) is 64.9 cm³/mol. The Morgan fingerprint density at radius 2 is 2.12 bits per heavy atom. The molecule has 0 aliphatic heterocycles. The first-order valence-corrected chi connectivity index (χ1v) is 5.98. The van der Waals surface area contributed by atoms with Gasteiger partial charge < -0.3 is 4.90 Å². The highest BCUT2D eigenvalue weighted by molar-refractivity contribution is 5.17. The van der Waals surface area contributed by atoms with Crippen LogP contribution in [0.3, 0.4) is 0 Å². The predicted octanol–water partition coefficient (Wildman–Crippen LogP) is 2.60. The number of halogens is 1. The highest BCUT2D eigenvalue weighted by Crippen LogP contribution is 2.45. The Balaban J connectivity index is 1.83. The molecule has 1 aliphatic rings. The van der Waals surface area contributed by atoms with Crippen molar-refractivity contribution in [2.75, 3.05) is 20.1 Å². The summed E-state index contributed by atoms with van der Waals surface area (Å²) in [7, 11) is 2.00. The molecule has 1 aromatic carbocycles. The lowest BCUT2D eigenvalue weighted by molar-refractivity contribution is 0.296. The second kappa shape index (κ2) is 4.85. The lowest BCUT2D eigenvalue weighted by Crippen LogP contribution is -2.28. The summed E-state index contributed by atoms with van der Waals surface area (Å²) in [4.78, 5) is 2.13. The first-order valence-electron chi connectivity index (χ1n) is 5.98. The molecule has 1 saturated carbocycles. The molecule has 0 radical (unpaired) electrons. The Bertz CT molecular complexity index is 432. The maximum atomic E-state index is 13.4. The molecule has 1 aromatic rings. The third-order valence-electron chi connectivity index (χ3n) is 3.38. The van der Waals surface area contributed by atoms with Gasteiger partial charge in [0.15, 0.2) is 0 Å². The number of hydrogen-bond donors (Lipinski definition) is 0. The molecule has 0 heterocycles. The van der Waals surface area contributed by atoms with Crippen molar-refractivity contribution in [2.45, 2.75) is 19.3 Å². The van der Waals surface area contributed by atoms with Crippen molar-refractivity contribution in [1.29, 1.82) is 5.26 Å². The summed E-state index contributed by atoms with van der Waals surface area (Å²) >= 11 is 0. The zero-order valence-corrected chi connectivity index (χ0v) is 10.1. The van der Waals surface area contributed by atoms with Gasteiger partial charge in [0.25, 0.3) is 0 Å². The van der Waals surface area contributed by atoms with E-state index < -0.39 is 0 Å². The maximum Gasteiger partial charge on any atom is 0.126 e. The number of likely N-dealkylation sites (N-methyl/N-ethyl adjacent to an activating group) is 1. The SMILES string of the molecule is CN(CCc1ccccc1F)CC1(C#N)CC1. The van der Waals surface area contributed by atoms with Crippen LogP contribution in [-0.2, 0) is 6.42 Å². The molecule has 0 saturated heterocycles. The minimum atomic E-state index is -0.137. The fourth-order valence-electron chi connectivity index (χ4n) is 2.06. The smallest absolute Gasteiger partial charge is 0.126 e. The fraction of sp³-hybridized carbons (Fsp3) is 0.500. The molecule has 2 nitrogen and oxygen atoms in total. The van der Waals surface area contributed by atoms with Crippen molar-refractivity contribution in [1.82, 2.24) is 4.90 Å². The third-order valence-corrected chi connectivity index (χ3v) is 3.38. The minimum absolute atomic E-state index is 0.107. The van der Waals surface area contributed by atoms with E-state index in [0.29, 0.717) is 6.42 Å². The van der Waals surface area contributed by atoms with Gasteiger partial charge >= 0.3 is 0 Å². The summed E-state index contributed by atoms with van der Waals surface area (Å²) in [5.74, 6) is -0.137. The van der Waals surface area contributed by atoms with Crippen LogP contribution >= 0.6 is 0 Å². The highest BCUT2D eigenvalue weighted by atomic mass is 19.1. The van der Waals surface area contributed by atoms with Crippen LogP contribution in [0.25, 0.3) is 0 Å². The van der Waals surface area contributed by atoms with Crippen LogP contribution in [0.5, 0.6) is 0 Å². The van der Waals surface area contributed by atoms with Gasteiger partial charge in [0.05, 0.1) is 11.5 Å². The van der Waals surface area contributed by atoms with Gasteiger partial charge in [0.1, 0.15) is 5.82 Å². The summed E-state index contributed by atoms with van der Waals surface area (Å²) < 4.78 is 13.4. The summed E-state index contributed by atoms with van der Waals surface area (Å²) in [5, 5.41) is 9.00. The van der Waals surface area contributed by atoms with Gasteiger partial charge in [-0.15, -0.1) is 0 Å². The van der Waals surface area contributed by atoms with Gasteiger partial charge in [-0.05, 0) is 37.9 Å². The van der Waals surface area contributed by atoms with Gasteiger partial charge in [0, 0.05) is 13.1 Å². The Morgan fingerprint density at radius 3 is 2.71 bits per heavy atom. The molecule has 90 valence electrons. The van der Waals surface area contributed by atoms with Crippen LogP contribution in [0, 0.1) is 22.6 Å². The molecule has 0 bridgehead atoms. The minimum Gasteiger partial charge on any atom is -0.304 e. The zero-order chi connectivity index (χ0) is 12.3. The van der Waals surface area contributed by atoms with E-state index in [2.05, 4.69) is 11.0 Å². The molecule has 0 spiro atoms. The first-order chi connectivity index (χ1) is 8.15. The second-order valence-electron chi connectivity index (χ2n) is 4.97. The van der Waals surface area contributed by atoms with Crippen molar-refractivity contribution in [3.05, 3.63) is 35.6 Å². The molecule has 17 heavy (non-hydrogen) atoms. The van der Waals surface area contributed by atoms with Crippen LogP contribution in [0.2, 0.25) is 0 Å². The molecule has 0 aromatic heterocycles. The van der Waals surface area contributed by atoms with Crippen LogP contribution in [0.15, 0.2) is 24.3 Å². The maximum absolute atomic E-state index is 13.4. The molecular weight excluding hydrogens is 215 g/mol. The van der Waals surface area contributed by atoms with Crippen molar-refractivity contribution in [3.8, 4) is 6.07 Å². The Hall–Kier alpha value is -1.40. The van der Waals surface area contributed by atoms with E-state index in [1.165, 1.54) is 6.07 Å². The first kappa shape index (κ1) is 12.1. The number of hydrogen-bond acceptors (Lipinski definition) is 2. The number of nitriles is 1. The van der Waals surface area contributed by atoms with Gasteiger partial charge in [-0.2, -0.15) is 5.26 Å². The fourth-order valence-corrected chi connectivity index (χ4v) is 2.06. The van der Waals surface area contributed by atoms with Crippen LogP contribution in [0.1, 0.15) is 18.4 Å². The van der Waals surface area contributed by atoms with Crippen LogP contribution < -0.4 is 0 Å². The Kier molecular flexibility index (Phi) is 3.44. The highest BCUT2D eigenvalue weighted by Gasteiger charge is 2.43. The lowest BCUT2D eigenvalue weighted by Gasteiger charge is -2.19. The second-order valence-corrected chi connectivity index (χ2v) is 4.97. The van der Waals surface area contributed by atoms with Crippen LogP contribution in [0.4, 0.5) is 4.39 Å². The largest absolute Gasteiger partial charge is 0.304 e. The third kappa shape index (κ3) is 3.04. The molecule has 2 rings (SSSR count). The molecule has 1 fully saturated rings. The summed E-state index contributed by atoms with van der Waals surface area (Å²) in [6.45, 7) is 1.60. The van der Waals surface area contributed by atoms with Gasteiger partial charge in [-0.3, -0.25) is 0 Å². The van der Waals surface area contributed by atoms with E-state index in [4.69, 9.17) is 5.26 Å². The number of nitrogens with zero attached hydrogens (tertiary/aromatic N) is 2. The van der Waals surface area contributed by atoms with E-state index in [1.54, 1.807) is 6.07 Å². The monoisotopic (exact) mass is 232 g/mol. The molecular formula is C14H17FN2. The van der Waals surface area contributed by atoms with E-state index in [1.807, 2.05) is 19.2 Å². The van der Waals surface area contributed by atoms with E-state index in [-0.39, 0.29) is 11.2 Å². The molecule has 3 heteroatoms. The van der Waals surface area contributed by atoms with E-state index >= 15 is 0 Å². The average Bonchev–Trinajstić information content (AvgIpc) is 3.08. The van der Waals surface area contributed by atoms with Crippen molar-refractivity contribution >= 4 is 0 Å². The summed E-state index contributed by atoms with van der Waals surface area (Å²) in [6.07, 6.45) is 2.71. The lowest BCUT2D eigenvalue weighted by atomic mass is 10.1. The molecule has 1 aliphatic carbocycles. The van der Waals surface area contributed by atoms with E-state index in [0.717, 1.165) is 31.5 Å². The van der Waals surface area contributed by atoms with Crippen LogP contribution in [-0.4, -0.2) is 25.0 Å². The van der Waals surface area contributed by atoms with Crippen molar-refractivity contribution in [3.63, 3.8) is 0 Å². The summed E-state index contributed by atoms with van der Waals surface area (Å²) in [5.41, 5.74) is 0.644. The average molecular weight is 232 g/mol. The van der Waals surface area contributed by atoms with Crippen molar-refractivity contribution in [2.24, 2.45) is 5.41 Å². The topological polar surface area (TPSA) is 27.0 Å². The van der Waals surface area contributed by atoms with Gasteiger partial charge in [-0.1, -0.05) is 18.2 Å².